The van der Waals surface area contributed by atoms with Gasteiger partial charge in [-0.15, -0.1) is 6.58 Å². The molecule has 3 aromatic carbocycles. The van der Waals surface area contributed by atoms with E-state index in [4.69, 9.17) is 43.2 Å². The Morgan fingerprint density at radius 3 is 2.56 bits per heavy atom. The summed E-state index contributed by atoms with van der Waals surface area (Å²) in [5.74, 6) is 0.530. The van der Waals surface area contributed by atoms with Gasteiger partial charge >= 0.3 is 6.09 Å². The minimum atomic E-state index is -1.51. The first-order chi connectivity index (χ1) is 31.4. The van der Waals surface area contributed by atoms with Gasteiger partial charge < -0.3 is 48.2 Å². The molecule has 3 aliphatic heterocycles. The third kappa shape index (κ3) is 9.65. The average Bonchev–Trinajstić information content (AvgIpc) is 3.79. The van der Waals surface area contributed by atoms with Crippen molar-refractivity contribution in [1.82, 2.24) is 4.90 Å². The van der Waals surface area contributed by atoms with Gasteiger partial charge in [-0.05, 0) is 111 Å². The van der Waals surface area contributed by atoms with Gasteiger partial charge in [0.15, 0.2) is 11.5 Å². The topological polar surface area (TPSA) is 164 Å². The van der Waals surface area contributed by atoms with E-state index < -0.39 is 30.1 Å². The highest BCUT2D eigenvalue weighted by molar-refractivity contribution is 6.03. The van der Waals surface area contributed by atoms with E-state index in [1.807, 2.05) is 42.5 Å². The number of aliphatic hydroxyl groups excluding tert-OH is 2. The number of ether oxygens (including phenoxy) is 7. The van der Waals surface area contributed by atoms with E-state index in [-0.39, 0.29) is 63.9 Å². The lowest BCUT2D eigenvalue weighted by atomic mass is 9.55. The largest absolute Gasteiger partial charge is 0.459 e. The van der Waals surface area contributed by atoms with Crippen LogP contribution in [0.1, 0.15) is 98.5 Å². The number of aliphatic hydroxyl groups is 2. The summed E-state index contributed by atoms with van der Waals surface area (Å²) in [6, 6.07) is 17.5. The van der Waals surface area contributed by atoms with Crippen LogP contribution < -0.4 is 18.9 Å². The number of benzene rings is 3. The third-order valence-electron chi connectivity index (χ3n) is 13.0. The van der Waals surface area contributed by atoms with E-state index in [0.717, 1.165) is 61.5 Å². The number of oxime groups is 1. The Balaban J connectivity index is 1.33. The lowest BCUT2D eigenvalue weighted by molar-refractivity contribution is -0.256. The van der Waals surface area contributed by atoms with E-state index in [2.05, 4.69) is 12.7 Å². The van der Waals surface area contributed by atoms with E-state index >= 15 is 0 Å². The van der Waals surface area contributed by atoms with Crippen LogP contribution in [0.2, 0.25) is 0 Å². The van der Waals surface area contributed by atoms with Gasteiger partial charge in [-0.3, -0.25) is 9.69 Å². The molecule has 2 fully saturated rings. The molecule has 3 aromatic rings. The number of carbonyl (C=O) groups excluding carboxylic acids is 2. The second kappa shape index (κ2) is 21.1. The molecule has 14 heteroatoms. The van der Waals surface area contributed by atoms with Crippen molar-refractivity contribution in [1.29, 1.82) is 0 Å². The first-order valence-corrected chi connectivity index (χ1v) is 22.8. The highest BCUT2D eigenvalue weighted by Crippen LogP contribution is 2.62. The lowest BCUT2D eigenvalue weighted by Gasteiger charge is -2.59. The fraction of sp³-hybridized carbons (Fsp3) is 0.500. The zero-order valence-corrected chi connectivity index (χ0v) is 36.6. The molecule has 342 valence electrons. The van der Waals surface area contributed by atoms with Crippen molar-refractivity contribution in [3.8, 4) is 28.7 Å². The van der Waals surface area contributed by atoms with Crippen molar-refractivity contribution in [2.45, 2.75) is 102 Å². The molecule has 1 saturated carbocycles. The van der Waals surface area contributed by atoms with Crippen LogP contribution in [-0.2, 0) is 25.6 Å². The molecule has 0 aromatic heterocycles. The lowest BCUT2D eigenvalue weighted by Crippen LogP contribution is -2.70. The number of hydrogen-bond donors (Lipinski definition) is 2. The maximum absolute atomic E-state index is 14.6. The monoisotopic (exact) mass is 880 g/mol. The zero-order chi connectivity index (χ0) is 44.5. The minimum Gasteiger partial charge on any atom is -0.459 e. The Morgan fingerprint density at radius 1 is 0.969 bits per heavy atom. The molecule has 1 amide bonds. The van der Waals surface area contributed by atoms with Gasteiger partial charge in [-0.2, -0.15) is 0 Å². The van der Waals surface area contributed by atoms with Crippen molar-refractivity contribution in [3.63, 3.8) is 0 Å². The van der Waals surface area contributed by atoms with Crippen molar-refractivity contribution in [2.75, 3.05) is 39.8 Å². The van der Waals surface area contributed by atoms with Gasteiger partial charge in [0.25, 0.3) is 0 Å². The Hall–Kier alpha value is -5.41. The summed E-state index contributed by atoms with van der Waals surface area (Å²) in [6.07, 6.45) is 10.9. The molecule has 3 heterocycles. The molecule has 5 aliphatic rings. The maximum atomic E-state index is 14.6. The van der Waals surface area contributed by atoms with Crippen LogP contribution in [-0.4, -0.2) is 91.2 Å². The summed E-state index contributed by atoms with van der Waals surface area (Å²) in [6.45, 7) is 7.00. The van der Waals surface area contributed by atoms with Crippen molar-refractivity contribution >= 4 is 18.1 Å². The number of nitrogens with zero attached hydrogens (tertiary/aromatic N) is 2. The van der Waals surface area contributed by atoms with Crippen LogP contribution in [0.5, 0.6) is 28.7 Å². The van der Waals surface area contributed by atoms with Gasteiger partial charge in [-0.25, -0.2) is 4.79 Å². The van der Waals surface area contributed by atoms with Crippen LogP contribution in [0.4, 0.5) is 4.79 Å². The molecule has 14 nitrogen and oxygen atoms in total. The summed E-state index contributed by atoms with van der Waals surface area (Å²) in [5.41, 5.74) is 3.72. The molecular weight excluding hydrogens is 821 g/mol. The predicted octanol–water partition coefficient (Wildman–Crippen LogP) is 8.84. The molecule has 7 unspecified atom stereocenters. The van der Waals surface area contributed by atoms with Gasteiger partial charge in [0.05, 0.1) is 31.5 Å². The smallest absolute Gasteiger partial charge is 0.410 e. The predicted molar refractivity (Wildman–Crippen MR) is 237 cm³/mol. The van der Waals surface area contributed by atoms with Gasteiger partial charge in [0.1, 0.15) is 29.6 Å². The number of carbonyl (C=O) groups is 2. The van der Waals surface area contributed by atoms with Crippen LogP contribution in [0.15, 0.2) is 90.1 Å². The van der Waals surface area contributed by atoms with Crippen LogP contribution in [0.3, 0.4) is 0 Å². The summed E-state index contributed by atoms with van der Waals surface area (Å²) in [4.78, 5) is 34.3. The molecule has 7 atom stereocenters. The maximum Gasteiger partial charge on any atom is 0.410 e. The first kappa shape index (κ1) is 45.2. The van der Waals surface area contributed by atoms with Crippen LogP contribution in [0.25, 0.3) is 0 Å². The van der Waals surface area contributed by atoms with E-state index in [0.29, 0.717) is 65.9 Å². The Kier molecular flexibility index (Phi) is 14.9. The van der Waals surface area contributed by atoms with Gasteiger partial charge in [-0.1, -0.05) is 48.3 Å². The SMILES string of the molecule is C=CCOC12Oc3ccc(Oc4cccc(C=O)c4)cc3C3C(CCCCO)C(CCCCO)C=C(C(=NOC4CCCCO4)CC1N(Cc1ccc4c(c1)OCO4)C(=O)OCC)C32. The molecule has 0 bridgehead atoms. The van der Waals surface area contributed by atoms with Crippen LogP contribution in [0, 0.1) is 17.8 Å². The fourth-order valence-corrected chi connectivity index (χ4v) is 10.2. The standard InChI is InChI=1S/C50H60N2O12/c1-3-23-61-50-45(52(49(56)57-4-2)30-33-17-19-43-44(26-33)60-32-59-43)29-41(51-64-46-16-7-10-24-58-46)39-27-35(13-5-8-21-53)38(15-6-9-22-54)47(48(39)50)40-28-37(18-20-42(40)63-50)62-36-14-11-12-34(25-36)31-55/h3,11-12,14,17-20,25-28,31,35,38,45-48,53-54H,1,4-10,13,15-16,21-24,29-30,32H2,2H3. The first-order valence-electron chi connectivity index (χ1n) is 22.8. The molecule has 8 rings (SSSR count). The number of aldehydes is 1. The van der Waals surface area contributed by atoms with Crippen molar-refractivity contribution in [3.05, 3.63) is 102 Å². The van der Waals surface area contributed by atoms with E-state index in [9.17, 15) is 19.8 Å². The summed E-state index contributed by atoms with van der Waals surface area (Å²) >= 11 is 0. The molecule has 1 saturated heterocycles. The number of unbranched alkanes of at least 4 members (excludes halogenated alkanes) is 2. The highest BCUT2D eigenvalue weighted by Gasteiger charge is 2.66. The fourth-order valence-electron chi connectivity index (χ4n) is 10.2. The second-order valence-corrected chi connectivity index (χ2v) is 17.0. The molecule has 0 spiro atoms. The number of allylic oxidation sites excluding steroid dienone is 1. The van der Waals surface area contributed by atoms with E-state index in [1.54, 1.807) is 36.1 Å². The van der Waals surface area contributed by atoms with Gasteiger partial charge in [0, 0.05) is 49.6 Å². The minimum absolute atomic E-state index is 0.00510. The summed E-state index contributed by atoms with van der Waals surface area (Å²) in [7, 11) is 0. The molecule has 2 N–H and O–H groups in total. The molecule has 2 aliphatic carbocycles. The summed E-state index contributed by atoms with van der Waals surface area (Å²) in [5, 5.41) is 24.9. The second-order valence-electron chi connectivity index (χ2n) is 17.0. The number of rotatable bonds is 20. The number of fused-ring (bicyclic) bond motifs is 3. The molecule has 0 radical (unpaired) electrons. The highest BCUT2D eigenvalue weighted by atomic mass is 16.8. The molecular formula is C50H60N2O12. The van der Waals surface area contributed by atoms with Crippen LogP contribution >= 0.6 is 0 Å². The third-order valence-corrected chi connectivity index (χ3v) is 13.0. The Labute approximate surface area is 374 Å². The number of hydrogen-bond acceptors (Lipinski definition) is 13. The van der Waals surface area contributed by atoms with Crippen molar-refractivity contribution < 1.29 is 57.8 Å². The average molecular weight is 881 g/mol. The normalized spacial score (nSPS) is 25.9. The Bertz CT molecular complexity index is 2170. The summed E-state index contributed by atoms with van der Waals surface area (Å²) < 4.78 is 44.2. The van der Waals surface area contributed by atoms with Crippen molar-refractivity contribution in [2.24, 2.45) is 22.9 Å². The van der Waals surface area contributed by atoms with Gasteiger partial charge in [0.2, 0.25) is 18.9 Å². The van der Waals surface area contributed by atoms with E-state index in [1.165, 1.54) is 0 Å². The quantitative estimate of drug-likeness (QED) is 0.0481. The Morgan fingerprint density at radius 2 is 1.78 bits per heavy atom. The zero-order valence-electron chi connectivity index (χ0n) is 36.6. The molecule has 64 heavy (non-hydrogen) atoms. The number of amides is 1.